The zero-order chi connectivity index (χ0) is 35.4. The Hall–Kier alpha value is -6.10. The van der Waals surface area contributed by atoms with Gasteiger partial charge in [0, 0.05) is 46.4 Å². The molecule has 0 bridgehead atoms. The number of ether oxygens (including phenoxy) is 1. The molecule has 11 nitrogen and oxygen atoms in total. The molecule has 0 saturated carbocycles. The number of nitrogens with one attached hydrogen (secondary N) is 4. The highest BCUT2D eigenvalue weighted by Gasteiger charge is 2.31. The number of carboxylic acid groups (broad SMARTS) is 1. The third-order valence-electron chi connectivity index (χ3n) is 9.30. The summed E-state index contributed by atoms with van der Waals surface area (Å²) in [6.45, 7) is 3.77. The Morgan fingerprint density at radius 1 is 0.900 bits per heavy atom. The molecule has 1 heterocycles. The molecule has 4 aromatic carbocycles. The first kappa shape index (κ1) is 33.8. The molecular formula is C39H39N5O6. The molecule has 3 amide bonds. The number of carbonyl (C=O) groups excluding carboxylic acids is 3. The third-order valence-corrected chi connectivity index (χ3v) is 9.30. The van der Waals surface area contributed by atoms with Crippen molar-refractivity contribution in [3.63, 3.8) is 0 Å². The molecule has 1 aliphatic carbocycles. The summed E-state index contributed by atoms with van der Waals surface area (Å²) < 4.78 is 5.65. The number of amides is 3. The van der Waals surface area contributed by atoms with Gasteiger partial charge in [-0.15, -0.1) is 0 Å². The highest BCUT2D eigenvalue weighted by molar-refractivity contribution is 6.00. The van der Waals surface area contributed by atoms with E-state index in [1.165, 1.54) is 18.2 Å². The Bertz CT molecular complexity index is 2030. The molecule has 0 radical (unpaired) electrons. The van der Waals surface area contributed by atoms with Gasteiger partial charge < -0.3 is 31.2 Å². The molecule has 0 unspecified atom stereocenters. The van der Waals surface area contributed by atoms with Crippen molar-refractivity contribution in [2.45, 2.75) is 44.7 Å². The topological polar surface area (TPSA) is 176 Å². The molecule has 3 atom stereocenters. The van der Waals surface area contributed by atoms with Crippen LogP contribution >= 0.6 is 0 Å². The normalized spacial score (nSPS) is 13.8. The maximum absolute atomic E-state index is 13.5. The number of hydrogen-bond donors (Lipinski definition) is 6. The zero-order valence-electron chi connectivity index (χ0n) is 27.7. The number of rotatable bonds is 12. The largest absolute Gasteiger partial charge is 0.480 e. The minimum absolute atomic E-state index is 0.0480. The lowest BCUT2D eigenvalue weighted by atomic mass is 9.96. The highest BCUT2D eigenvalue weighted by atomic mass is 16.5. The van der Waals surface area contributed by atoms with Gasteiger partial charge >= 0.3 is 12.1 Å². The van der Waals surface area contributed by atoms with Crippen LogP contribution in [-0.2, 0) is 20.7 Å². The predicted molar refractivity (Wildman–Crippen MR) is 192 cm³/mol. The van der Waals surface area contributed by atoms with Gasteiger partial charge in [0.2, 0.25) is 5.91 Å². The molecule has 0 fully saturated rings. The Balaban J connectivity index is 1.11. The average molecular weight is 674 g/mol. The van der Waals surface area contributed by atoms with E-state index in [4.69, 9.17) is 10.5 Å². The molecule has 6 rings (SSSR count). The number of aliphatic carboxylic acids is 1. The fourth-order valence-corrected chi connectivity index (χ4v) is 6.52. The molecule has 256 valence electrons. The first-order valence-electron chi connectivity index (χ1n) is 16.5. The minimum atomic E-state index is -1.23. The van der Waals surface area contributed by atoms with Crippen LogP contribution < -0.4 is 21.7 Å². The van der Waals surface area contributed by atoms with Gasteiger partial charge in [-0.1, -0.05) is 87.0 Å². The van der Waals surface area contributed by atoms with Crippen LogP contribution in [0.25, 0.3) is 22.0 Å². The van der Waals surface area contributed by atoms with Gasteiger partial charge in [0.05, 0.1) is 0 Å². The van der Waals surface area contributed by atoms with E-state index < -0.39 is 36.0 Å². The Morgan fingerprint density at radius 2 is 1.56 bits per heavy atom. The zero-order valence-corrected chi connectivity index (χ0v) is 27.7. The summed E-state index contributed by atoms with van der Waals surface area (Å²) in [7, 11) is 0. The number of nitrogens with two attached hydrogens (primary N) is 1. The molecule has 1 aromatic heterocycles. The SMILES string of the molecule is CC[C@H](C)[C@H](NC(=O)c1cc(N)cc(NC(=O)OCC2c3ccccc3-c3ccccc32)c1)C(=O)N[C@@H](Cc1c[nH]c2ccccc12)C(=O)O. The van der Waals surface area contributed by atoms with E-state index >= 15 is 0 Å². The van der Waals surface area contributed by atoms with Crippen LogP contribution in [0, 0.1) is 5.92 Å². The molecule has 11 heteroatoms. The number of nitrogen functional groups attached to an aromatic ring is 1. The maximum atomic E-state index is 13.5. The van der Waals surface area contributed by atoms with Gasteiger partial charge in [0.1, 0.15) is 18.7 Å². The van der Waals surface area contributed by atoms with Crippen LogP contribution in [0.1, 0.15) is 53.2 Å². The number of H-pyrrole nitrogens is 1. The van der Waals surface area contributed by atoms with Crippen LogP contribution in [0.2, 0.25) is 0 Å². The number of anilines is 2. The van der Waals surface area contributed by atoms with Crippen molar-refractivity contribution in [3.05, 3.63) is 119 Å². The number of carbonyl (C=O) groups is 4. The summed E-state index contributed by atoms with van der Waals surface area (Å²) in [5.74, 6) is -2.89. The number of fused-ring (bicyclic) bond motifs is 4. The van der Waals surface area contributed by atoms with E-state index in [9.17, 15) is 24.3 Å². The van der Waals surface area contributed by atoms with Crippen molar-refractivity contribution in [1.82, 2.24) is 15.6 Å². The first-order valence-corrected chi connectivity index (χ1v) is 16.5. The highest BCUT2D eigenvalue weighted by Crippen LogP contribution is 2.44. The lowest BCUT2D eigenvalue weighted by molar-refractivity contribution is -0.142. The molecule has 0 spiro atoms. The van der Waals surface area contributed by atoms with Crippen molar-refractivity contribution in [1.29, 1.82) is 0 Å². The van der Waals surface area contributed by atoms with E-state index in [0.29, 0.717) is 6.42 Å². The lowest BCUT2D eigenvalue weighted by Crippen LogP contribution is -2.54. The van der Waals surface area contributed by atoms with Gasteiger partial charge in [-0.2, -0.15) is 0 Å². The van der Waals surface area contributed by atoms with Crippen LogP contribution in [0.4, 0.5) is 16.2 Å². The summed E-state index contributed by atoms with van der Waals surface area (Å²) in [5, 5.41) is 18.9. The van der Waals surface area contributed by atoms with Gasteiger partial charge in [-0.3, -0.25) is 14.9 Å². The maximum Gasteiger partial charge on any atom is 0.411 e. The van der Waals surface area contributed by atoms with Crippen molar-refractivity contribution < 1.29 is 29.0 Å². The summed E-state index contributed by atoms with van der Waals surface area (Å²) in [6.07, 6.45) is 1.60. The second-order valence-electron chi connectivity index (χ2n) is 12.6. The number of para-hydroxylation sites is 1. The second-order valence-corrected chi connectivity index (χ2v) is 12.6. The van der Waals surface area contributed by atoms with Crippen molar-refractivity contribution in [2.75, 3.05) is 17.7 Å². The van der Waals surface area contributed by atoms with E-state index in [-0.39, 0.29) is 41.8 Å². The summed E-state index contributed by atoms with van der Waals surface area (Å²) in [6, 6.07) is 25.7. The Kier molecular flexibility index (Phi) is 9.85. The minimum Gasteiger partial charge on any atom is -0.480 e. The van der Waals surface area contributed by atoms with E-state index in [1.807, 2.05) is 67.6 Å². The van der Waals surface area contributed by atoms with Gasteiger partial charge in [0.15, 0.2) is 0 Å². The number of carboxylic acids is 1. The Labute approximate surface area is 289 Å². The molecule has 7 N–H and O–H groups in total. The molecule has 50 heavy (non-hydrogen) atoms. The predicted octanol–water partition coefficient (Wildman–Crippen LogP) is 6.07. The average Bonchev–Trinajstić information content (AvgIpc) is 3.67. The molecule has 1 aliphatic rings. The number of benzene rings is 4. The van der Waals surface area contributed by atoms with Crippen molar-refractivity contribution in [3.8, 4) is 11.1 Å². The number of aromatic amines is 1. The smallest absolute Gasteiger partial charge is 0.411 e. The van der Waals surface area contributed by atoms with E-state index in [2.05, 4.69) is 33.1 Å². The molecule has 0 aliphatic heterocycles. The first-order chi connectivity index (χ1) is 24.1. The van der Waals surface area contributed by atoms with Gasteiger partial charge in [-0.05, 0) is 58.0 Å². The second kappa shape index (κ2) is 14.6. The summed E-state index contributed by atoms with van der Waals surface area (Å²) in [5.41, 5.74) is 12.7. The van der Waals surface area contributed by atoms with E-state index in [0.717, 1.165) is 38.7 Å². The fraction of sp³-hybridized carbons (Fsp3) is 0.231. The van der Waals surface area contributed by atoms with Crippen molar-refractivity contribution >= 4 is 46.2 Å². The Morgan fingerprint density at radius 3 is 2.24 bits per heavy atom. The third kappa shape index (κ3) is 7.17. The number of aromatic nitrogens is 1. The summed E-state index contributed by atoms with van der Waals surface area (Å²) in [4.78, 5) is 55.3. The van der Waals surface area contributed by atoms with E-state index in [1.54, 1.807) is 13.1 Å². The van der Waals surface area contributed by atoms with Crippen LogP contribution in [0.15, 0.2) is 97.2 Å². The quantitative estimate of drug-likeness (QED) is 0.0872. The monoisotopic (exact) mass is 673 g/mol. The molecule has 5 aromatic rings. The van der Waals surface area contributed by atoms with Crippen LogP contribution in [0.3, 0.4) is 0 Å². The van der Waals surface area contributed by atoms with Crippen molar-refractivity contribution in [2.24, 2.45) is 5.92 Å². The van der Waals surface area contributed by atoms with Gasteiger partial charge in [-0.25, -0.2) is 9.59 Å². The van der Waals surface area contributed by atoms with Crippen LogP contribution in [-0.4, -0.2) is 52.7 Å². The van der Waals surface area contributed by atoms with Crippen LogP contribution in [0.5, 0.6) is 0 Å². The standard InChI is InChI=1S/C39H39N5O6/c1-3-22(2)35(37(46)43-34(38(47)48)18-24-20-41-33-15-9-8-10-27(24)33)44-36(45)23-16-25(40)19-26(17-23)42-39(49)50-21-32-30-13-6-4-11-28(30)29-12-5-7-14-31(29)32/h4-17,19-20,22,32,34-35,41H,3,18,21,40H2,1-2H3,(H,42,49)(H,43,46)(H,44,45)(H,47,48)/t22-,34-,35-/m0/s1. The fourth-order valence-electron chi connectivity index (χ4n) is 6.52. The summed E-state index contributed by atoms with van der Waals surface area (Å²) >= 11 is 0. The molecule has 0 saturated heterocycles. The van der Waals surface area contributed by atoms with Gasteiger partial charge in [0.25, 0.3) is 5.91 Å². The number of hydrogen-bond acceptors (Lipinski definition) is 6. The molecular weight excluding hydrogens is 634 g/mol. The lowest BCUT2D eigenvalue weighted by Gasteiger charge is -2.25.